The molecule has 7 heteroatoms. The molecular formula is C16H13Cl2N3O2. The Labute approximate surface area is 142 Å². The quantitative estimate of drug-likeness (QED) is 0.778. The normalized spacial score (nSPS) is 10.7. The van der Waals surface area contributed by atoms with E-state index in [1.807, 2.05) is 0 Å². The van der Waals surface area contributed by atoms with Crippen LogP contribution >= 0.6 is 23.2 Å². The highest BCUT2D eigenvalue weighted by Crippen LogP contribution is 2.27. The highest BCUT2D eigenvalue weighted by molar-refractivity contribution is 6.31. The number of benzene rings is 1. The lowest BCUT2D eigenvalue weighted by Crippen LogP contribution is -2.15. The number of fused-ring (bicyclic) bond motifs is 1. The average Bonchev–Trinajstić information content (AvgIpc) is 2.88. The predicted molar refractivity (Wildman–Crippen MR) is 90.5 cm³/mol. The molecule has 0 unspecified atom stereocenters. The van der Waals surface area contributed by atoms with E-state index in [2.05, 4.69) is 10.3 Å². The fourth-order valence-electron chi connectivity index (χ4n) is 2.24. The van der Waals surface area contributed by atoms with Crippen LogP contribution in [0.3, 0.4) is 0 Å². The zero-order valence-electron chi connectivity index (χ0n) is 12.2. The molecule has 0 radical (unpaired) electrons. The lowest BCUT2D eigenvalue weighted by atomic mass is 10.2. The Bertz CT molecular complexity index is 877. The van der Waals surface area contributed by atoms with E-state index in [0.29, 0.717) is 27.2 Å². The number of imidazole rings is 1. The maximum atomic E-state index is 12.2. The topological polar surface area (TPSA) is 55.6 Å². The van der Waals surface area contributed by atoms with Gasteiger partial charge in [-0.2, -0.15) is 0 Å². The summed E-state index contributed by atoms with van der Waals surface area (Å²) in [5.74, 6) is 0.338. The molecule has 5 nitrogen and oxygen atoms in total. The lowest BCUT2D eigenvalue weighted by molar-refractivity contribution is -0.115. The highest BCUT2D eigenvalue weighted by Gasteiger charge is 2.11. The van der Waals surface area contributed by atoms with Crippen molar-refractivity contribution in [2.45, 2.75) is 6.42 Å². The van der Waals surface area contributed by atoms with Gasteiger partial charge < -0.3 is 14.5 Å². The number of halogens is 2. The molecule has 0 bridgehead atoms. The third-order valence-electron chi connectivity index (χ3n) is 3.24. The number of carbonyl (C=O) groups excluding carboxylic acids is 1. The summed E-state index contributed by atoms with van der Waals surface area (Å²) in [7, 11) is 1.53. The minimum Gasteiger partial charge on any atom is -0.495 e. The largest absolute Gasteiger partial charge is 0.495 e. The highest BCUT2D eigenvalue weighted by atomic mass is 35.5. The zero-order chi connectivity index (χ0) is 16.4. The smallest absolute Gasteiger partial charge is 0.230 e. The molecule has 0 saturated heterocycles. The van der Waals surface area contributed by atoms with Gasteiger partial charge in [0.05, 0.1) is 29.9 Å². The van der Waals surface area contributed by atoms with Gasteiger partial charge in [0, 0.05) is 17.4 Å². The molecule has 23 heavy (non-hydrogen) atoms. The summed E-state index contributed by atoms with van der Waals surface area (Å²) >= 11 is 11.9. The molecule has 0 saturated carbocycles. The number of aromatic nitrogens is 2. The SMILES string of the molecule is COc1ccc(Cl)cc1NC(=O)Cc1cn2cc(Cl)ccc2n1. The van der Waals surface area contributed by atoms with Crippen LogP contribution in [0, 0.1) is 0 Å². The first-order valence-electron chi connectivity index (χ1n) is 6.81. The van der Waals surface area contributed by atoms with Crippen molar-refractivity contribution >= 4 is 40.4 Å². The van der Waals surface area contributed by atoms with Gasteiger partial charge in [-0.1, -0.05) is 23.2 Å². The van der Waals surface area contributed by atoms with Crippen LogP contribution in [0.4, 0.5) is 5.69 Å². The molecule has 0 spiro atoms. The number of hydrogen-bond acceptors (Lipinski definition) is 3. The number of pyridine rings is 1. The summed E-state index contributed by atoms with van der Waals surface area (Å²) in [5, 5.41) is 3.91. The van der Waals surface area contributed by atoms with Crippen molar-refractivity contribution in [1.82, 2.24) is 9.38 Å². The van der Waals surface area contributed by atoms with Crippen molar-refractivity contribution in [1.29, 1.82) is 0 Å². The van der Waals surface area contributed by atoms with Gasteiger partial charge in [0.25, 0.3) is 0 Å². The van der Waals surface area contributed by atoms with Gasteiger partial charge in [-0.3, -0.25) is 4.79 Å². The van der Waals surface area contributed by atoms with Gasteiger partial charge >= 0.3 is 0 Å². The monoisotopic (exact) mass is 349 g/mol. The summed E-state index contributed by atoms with van der Waals surface area (Å²) in [6.07, 6.45) is 3.65. The first-order valence-corrected chi connectivity index (χ1v) is 7.57. The summed E-state index contributed by atoms with van der Waals surface area (Å²) in [5.41, 5.74) is 1.90. The van der Waals surface area contributed by atoms with E-state index >= 15 is 0 Å². The van der Waals surface area contributed by atoms with E-state index in [0.717, 1.165) is 5.65 Å². The van der Waals surface area contributed by atoms with Crippen molar-refractivity contribution in [3.8, 4) is 5.75 Å². The van der Waals surface area contributed by atoms with Gasteiger partial charge in [0.1, 0.15) is 11.4 Å². The molecule has 0 aliphatic carbocycles. The van der Waals surface area contributed by atoms with Gasteiger partial charge in [0.15, 0.2) is 0 Å². The number of methoxy groups -OCH3 is 1. The Hall–Kier alpha value is -2.24. The molecule has 2 aromatic heterocycles. The van der Waals surface area contributed by atoms with Gasteiger partial charge in [-0.15, -0.1) is 0 Å². The molecule has 1 amide bonds. The molecule has 0 aliphatic rings. The maximum Gasteiger partial charge on any atom is 0.230 e. The van der Waals surface area contributed by atoms with Crippen LogP contribution in [-0.4, -0.2) is 22.4 Å². The number of hydrogen-bond donors (Lipinski definition) is 1. The van der Waals surface area contributed by atoms with E-state index in [1.165, 1.54) is 7.11 Å². The molecule has 0 atom stereocenters. The maximum absolute atomic E-state index is 12.2. The van der Waals surface area contributed by atoms with Crippen molar-refractivity contribution in [2.24, 2.45) is 0 Å². The first kappa shape index (κ1) is 15.6. The minimum absolute atomic E-state index is 0.134. The van der Waals surface area contributed by atoms with Crippen molar-refractivity contribution in [3.63, 3.8) is 0 Å². The minimum atomic E-state index is -0.208. The third-order valence-corrected chi connectivity index (χ3v) is 3.70. The molecule has 0 fully saturated rings. The second kappa shape index (κ2) is 6.48. The number of nitrogens with one attached hydrogen (secondary N) is 1. The lowest BCUT2D eigenvalue weighted by Gasteiger charge is -2.09. The number of anilines is 1. The Morgan fingerprint density at radius 1 is 1.22 bits per heavy atom. The number of carbonyl (C=O) groups is 1. The molecule has 1 N–H and O–H groups in total. The summed E-state index contributed by atoms with van der Waals surface area (Å²) in [6.45, 7) is 0. The third kappa shape index (κ3) is 3.57. The van der Waals surface area contributed by atoms with Crippen molar-refractivity contribution in [3.05, 3.63) is 58.5 Å². The molecule has 1 aromatic carbocycles. The Morgan fingerprint density at radius 2 is 2.00 bits per heavy atom. The number of rotatable bonds is 4. The predicted octanol–water partition coefficient (Wildman–Crippen LogP) is 3.83. The second-order valence-corrected chi connectivity index (χ2v) is 5.79. The average molecular weight is 350 g/mol. The molecule has 0 aliphatic heterocycles. The number of amides is 1. The first-order chi connectivity index (χ1) is 11.0. The fourth-order valence-corrected chi connectivity index (χ4v) is 2.58. The van der Waals surface area contributed by atoms with Crippen LogP contribution in [0.5, 0.6) is 5.75 Å². The van der Waals surface area contributed by atoms with E-state index in [-0.39, 0.29) is 12.3 Å². The van der Waals surface area contributed by atoms with Crippen molar-refractivity contribution < 1.29 is 9.53 Å². The van der Waals surface area contributed by atoms with Crippen LogP contribution in [-0.2, 0) is 11.2 Å². The Balaban J connectivity index is 1.77. The van der Waals surface area contributed by atoms with Crippen LogP contribution < -0.4 is 10.1 Å². The van der Waals surface area contributed by atoms with E-state index in [9.17, 15) is 4.79 Å². The van der Waals surface area contributed by atoms with Gasteiger partial charge in [-0.05, 0) is 30.3 Å². The van der Waals surface area contributed by atoms with Gasteiger partial charge in [-0.25, -0.2) is 4.98 Å². The fraction of sp³-hybridized carbons (Fsp3) is 0.125. The molecule has 3 rings (SSSR count). The van der Waals surface area contributed by atoms with Crippen LogP contribution in [0.25, 0.3) is 5.65 Å². The Morgan fingerprint density at radius 3 is 2.78 bits per heavy atom. The van der Waals surface area contributed by atoms with E-state index in [4.69, 9.17) is 27.9 Å². The Kier molecular flexibility index (Phi) is 4.41. The molecular weight excluding hydrogens is 337 g/mol. The van der Waals surface area contributed by atoms with Crippen molar-refractivity contribution in [2.75, 3.05) is 12.4 Å². The zero-order valence-corrected chi connectivity index (χ0v) is 13.7. The van der Waals surface area contributed by atoms with Crippen LogP contribution in [0.1, 0.15) is 5.69 Å². The molecule has 2 heterocycles. The van der Waals surface area contributed by atoms with E-state index in [1.54, 1.807) is 47.1 Å². The summed E-state index contributed by atoms with van der Waals surface area (Å²) in [4.78, 5) is 16.6. The molecule has 118 valence electrons. The van der Waals surface area contributed by atoms with Gasteiger partial charge in [0.2, 0.25) is 5.91 Å². The summed E-state index contributed by atoms with van der Waals surface area (Å²) in [6, 6.07) is 8.59. The second-order valence-electron chi connectivity index (χ2n) is 4.91. The van der Waals surface area contributed by atoms with Crippen LogP contribution in [0.15, 0.2) is 42.7 Å². The van der Waals surface area contributed by atoms with E-state index < -0.39 is 0 Å². The van der Waals surface area contributed by atoms with Crippen LogP contribution in [0.2, 0.25) is 10.0 Å². The standard InChI is InChI=1S/C16H13Cl2N3O2/c1-23-14-4-2-10(17)6-13(14)20-16(22)7-12-9-21-8-11(18)3-5-15(21)19-12/h2-6,8-9H,7H2,1H3,(H,20,22). The summed E-state index contributed by atoms with van der Waals surface area (Å²) < 4.78 is 6.99. The number of nitrogens with zero attached hydrogens (tertiary/aromatic N) is 2. The molecule has 3 aromatic rings. The number of ether oxygens (including phenoxy) is 1.